The molecule has 2 aromatic carbocycles. The lowest BCUT2D eigenvalue weighted by Crippen LogP contribution is -2.33. The summed E-state index contributed by atoms with van der Waals surface area (Å²) in [4.78, 5) is 60.5. The number of fused-ring (bicyclic) bond motifs is 1. The second-order valence-electron chi connectivity index (χ2n) is 8.36. The molecule has 4 rings (SSSR count). The first kappa shape index (κ1) is 27.1. The Labute approximate surface area is 225 Å². The third-order valence-electron chi connectivity index (χ3n) is 5.87. The number of hydrazone groups is 1. The van der Waals surface area contributed by atoms with Crippen LogP contribution in [0.2, 0.25) is 0 Å². The van der Waals surface area contributed by atoms with E-state index in [9.17, 15) is 29.3 Å². The van der Waals surface area contributed by atoms with Crippen molar-refractivity contribution in [1.29, 1.82) is 0 Å². The van der Waals surface area contributed by atoms with Crippen LogP contribution in [0.25, 0.3) is 0 Å². The fourth-order valence-electron chi connectivity index (χ4n) is 3.87. The predicted molar refractivity (Wildman–Crippen MR) is 141 cm³/mol. The lowest BCUT2D eigenvalue weighted by atomic mass is 10.1. The molecular weight excluding hydrogens is 528 g/mol. The van der Waals surface area contributed by atoms with Crippen LogP contribution in [0.15, 0.2) is 53.6 Å². The van der Waals surface area contributed by atoms with Gasteiger partial charge in [-0.2, -0.15) is 5.10 Å². The van der Waals surface area contributed by atoms with Gasteiger partial charge in [0.05, 0.1) is 28.9 Å². The number of carbonyl (C=O) groups excluding carboxylic acids is 4. The summed E-state index contributed by atoms with van der Waals surface area (Å²) in [6.45, 7) is 1.61. The lowest BCUT2D eigenvalue weighted by molar-refractivity contribution is -0.384. The van der Waals surface area contributed by atoms with Crippen molar-refractivity contribution < 1.29 is 33.6 Å². The molecule has 0 atom stereocenters. The molecule has 0 saturated carbocycles. The number of anilines is 1. The van der Waals surface area contributed by atoms with Crippen molar-refractivity contribution in [2.45, 2.75) is 26.2 Å². The van der Waals surface area contributed by atoms with Gasteiger partial charge in [-0.25, -0.2) is 15.0 Å². The Kier molecular flexibility index (Phi) is 8.10. The van der Waals surface area contributed by atoms with Crippen molar-refractivity contribution in [3.8, 4) is 5.75 Å². The van der Waals surface area contributed by atoms with Crippen LogP contribution in [0.5, 0.6) is 5.75 Å². The Hall–Kier alpha value is -4.91. The highest BCUT2D eigenvalue weighted by Gasteiger charge is 2.29. The highest BCUT2D eigenvalue weighted by atomic mass is 32.1. The molecule has 0 fully saturated rings. The van der Waals surface area contributed by atoms with Crippen molar-refractivity contribution in [1.82, 2.24) is 5.43 Å². The monoisotopic (exact) mass is 550 g/mol. The molecule has 1 aromatic heterocycles. The zero-order chi connectivity index (χ0) is 28.1. The van der Waals surface area contributed by atoms with Gasteiger partial charge in [-0.3, -0.25) is 19.7 Å². The first-order valence-electron chi connectivity index (χ1n) is 11.6. The number of nitro groups is 1. The fraction of sp³-hybridized carbons (Fsp3) is 0.192. The van der Waals surface area contributed by atoms with Crippen molar-refractivity contribution in [2.75, 3.05) is 12.4 Å². The molecule has 1 aliphatic carbocycles. The zero-order valence-electron chi connectivity index (χ0n) is 20.8. The number of aryl methyl sites for hydroxylation is 1. The normalized spacial score (nSPS) is 12.3. The van der Waals surface area contributed by atoms with Crippen LogP contribution in [0.3, 0.4) is 0 Å². The molecule has 0 bridgehead atoms. The predicted octanol–water partition coefficient (Wildman–Crippen LogP) is 3.63. The number of amides is 2. The van der Waals surface area contributed by atoms with Crippen LogP contribution in [-0.4, -0.2) is 41.5 Å². The number of carbonyl (C=O) groups is 4. The minimum Gasteiger partial charge on any atom is -0.465 e. The largest absolute Gasteiger partial charge is 0.465 e. The van der Waals surface area contributed by atoms with Gasteiger partial charge in [0.15, 0.2) is 0 Å². The van der Waals surface area contributed by atoms with E-state index in [0.717, 1.165) is 23.3 Å². The quantitative estimate of drug-likeness (QED) is 0.112. The number of hydrogen-bond donors (Lipinski definition) is 2. The smallest absolute Gasteiger partial charge is 0.343 e. The molecule has 3 aromatic rings. The van der Waals surface area contributed by atoms with Gasteiger partial charge in [0.2, 0.25) is 0 Å². The third kappa shape index (κ3) is 6.15. The van der Waals surface area contributed by atoms with E-state index < -0.39 is 28.7 Å². The molecule has 1 heterocycles. The number of rotatable bonds is 7. The van der Waals surface area contributed by atoms with E-state index in [2.05, 4.69) is 15.8 Å². The Balaban J connectivity index is 1.35. The van der Waals surface area contributed by atoms with Crippen molar-refractivity contribution in [3.05, 3.63) is 85.8 Å². The van der Waals surface area contributed by atoms with Crippen LogP contribution in [0.1, 0.15) is 50.1 Å². The van der Waals surface area contributed by atoms with Gasteiger partial charge >= 0.3 is 23.8 Å². The number of hydrogen-bond acceptors (Lipinski definition) is 10. The van der Waals surface area contributed by atoms with E-state index in [1.807, 2.05) is 0 Å². The van der Waals surface area contributed by atoms with Crippen LogP contribution in [0.4, 0.5) is 10.7 Å². The molecule has 0 aliphatic heterocycles. The Morgan fingerprint density at radius 1 is 0.949 bits per heavy atom. The third-order valence-corrected chi connectivity index (χ3v) is 7.07. The summed E-state index contributed by atoms with van der Waals surface area (Å²) in [5.41, 5.74) is 4.27. The minimum absolute atomic E-state index is 0.143. The molecule has 12 nitrogen and oxygen atoms in total. The number of methoxy groups -OCH3 is 1. The van der Waals surface area contributed by atoms with E-state index in [0.29, 0.717) is 17.7 Å². The molecule has 13 heteroatoms. The van der Waals surface area contributed by atoms with E-state index in [4.69, 9.17) is 9.47 Å². The lowest BCUT2D eigenvalue weighted by Gasteiger charge is -2.07. The summed E-state index contributed by atoms with van der Waals surface area (Å²) in [5, 5.41) is 17.4. The van der Waals surface area contributed by atoms with Crippen LogP contribution < -0.4 is 15.5 Å². The second-order valence-corrected chi connectivity index (χ2v) is 9.47. The molecule has 200 valence electrons. The van der Waals surface area contributed by atoms with Gasteiger partial charge in [0.1, 0.15) is 10.8 Å². The van der Waals surface area contributed by atoms with E-state index in [-0.39, 0.29) is 27.6 Å². The van der Waals surface area contributed by atoms with Gasteiger partial charge in [0, 0.05) is 17.0 Å². The van der Waals surface area contributed by atoms with E-state index >= 15 is 0 Å². The average Bonchev–Trinajstić information content (AvgIpc) is 3.52. The average molecular weight is 551 g/mol. The summed E-state index contributed by atoms with van der Waals surface area (Å²) in [6.07, 6.45) is 2.42. The number of esters is 2. The Morgan fingerprint density at radius 2 is 1.62 bits per heavy atom. The Morgan fingerprint density at radius 3 is 2.26 bits per heavy atom. The number of nitro benzene ring substituents is 1. The van der Waals surface area contributed by atoms with E-state index in [1.165, 1.54) is 54.8 Å². The summed E-state index contributed by atoms with van der Waals surface area (Å²) in [6, 6.07) is 11.2. The molecule has 0 radical (unpaired) electrons. The standard InChI is InChI=1S/C26H22N4O8S/c1-14(15-8-12-18(13-9-15)38-25(33)16-6-10-17(11-7-16)30(35)36)28-29-23(32)22(31)27-24-21(26(34)37-2)19-4-3-5-20(19)39-24/h6-13H,3-5H2,1-2H3,(H,27,31)(H,29,32)/b28-14+. The summed E-state index contributed by atoms with van der Waals surface area (Å²) < 4.78 is 10.1. The van der Waals surface area contributed by atoms with Crippen molar-refractivity contribution in [3.63, 3.8) is 0 Å². The first-order chi connectivity index (χ1) is 18.7. The number of nitrogens with one attached hydrogen (secondary N) is 2. The molecular formula is C26H22N4O8S. The number of thiophene rings is 1. The summed E-state index contributed by atoms with van der Waals surface area (Å²) in [7, 11) is 1.26. The van der Waals surface area contributed by atoms with Gasteiger partial charge in [-0.05, 0) is 73.7 Å². The molecule has 0 unspecified atom stereocenters. The fourth-order valence-corrected chi connectivity index (χ4v) is 5.14. The van der Waals surface area contributed by atoms with E-state index in [1.54, 1.807) is 19.1 Å². The highest BCUT2D eigenvalue weighted by molar-refractivity contribution is 7.17. The number of nitrogens with zero attached hydrogens (tertiary/aromatic N) is 2. The first-order valence-corrected chi connectivity index (χ1v) is 12.4. The number of ether oxygens (including phenoxy) is 2. The molecule has 0 spiro atoms. The molecule has 2 amide bonds. The maximum Gasteiger partial charge on any atom is 0.343 e. The van der Waals surface area contributed by atoms with Crippen molar-refractivity contribution in [2.24, 2.45) is 5.10 Å². The zero-order valence-corrected chi connectivity index (χ0v) is 21.6. The van der Waals surface area contributed by atoms with Crippen LogP contribution in [0, 0.1) is 10.1 Å². The number of benzene rings is 2. The van der Waals surface area contributed by atoms with Gasteiger partial charge in [0.25, 0.3) is 5.69 Å². The van der Waals surface area contributed by atoms with Gasteiger partial charge < -0.3 is 14.8 Å². The maximum atomic E-state index is 12.4. The molecule has 1 aliphatic rings. The summed E-state index contributed by atoms with van der Waals surface area (Å²) >= 11 is 1.25. The second kappa shape index (κ2) is 11.6. The van der Waals surface area contributed by atoms with Gasteiger partial charge in [-0.15, -0.1) is 11.3 Å². The number of non-ortho nitro benzene ring substituents is 1. The minimum atomic E-state index is -1.02. The van der Waals surface area contributed by atoms with Crippen LogP contribution >= 0.6 is 11.3 Å². The maximum absolute atomic E-state index is 12.4. The van der Waals surface area contributed by atoms with Crippen LogP contribution in [-0.2, 0) is 27.2 Å². The molecule has 0 saturated heterocycles. The Bertz CT molecular complexity index is 1490. The summed E-state index contributed by atoms with van der Waals surface area (Å²) in [5.74, 6) is -3.03. The molecule has 39 heavy (non-hydrogen) atoms. The topological polar surface area (TPSA) is 166 Å². The molecule has 2 N–H and O–H groups in total. The SMILES string of the molecule is COC(=O)c1c(NC(=O)C(=O)N/N=C(\C)c2ccc(OC(=O)c3ccc([N+](=O)[O-])cc3)cc2)sc2c1CCC2. The van der Waals surface area contributed by atoms with Crippen molar-refractivity contribution >= 4 is 51.5 Å². The van der Waals surface area contributed by atoms with Gasteiger partial charge in [-0.1, -0.05) is 0 Å². The highest BCUT2D eigenvalue weighted by Crippen LogP contribution is 2.39.